The highest BCUT2D eigenvalue weighted by atomic mass is 32.2. The van der Waals surface area contributed by atoms with Crippen LogP contribution in [-0.4, -0.2) is 46.1 Å². The van der Waals surface area contributed by atoms with E-state index in [0.717, 1.165) is 61.3 Å². The standard InChI is InChI=1S/C24H32N2O4S/c27-22-11-13-31-21-8-4-5-12-24(21,23(28)25-18-6-2-1-3-7-18)26(22)15-17-9-10-19-20(14-17)30-16-29-19/h9-10,14,18,21H,1-8,11-13,15-16H2,(H,25,28). The highest BCUT2D eigenvalue weighted by molar-refractivity contribution is 8.00. The third-order valence-electron chi connectivity index (χ3n) is 7.34. The van der Waals surface area contributed by atoms with E-state index in [1.54, 1.807) is 0 Å². The summed E-state index contributed by atoms with van der Waals surface area (Å²) in [5, 5.41) is 3.55. The average molecular weight is 445 g/mol. The van der Waals surface area contributed by atoms with Crippen LogP contribution in [0.5, 0.6) is 11.5 Å². The van der Waals surface area contributed by atoms with Crippen molar-refractivity contribution in [1.82, 2.24) is 10.2 Å². The maximum atomic E-state index is 13.9. The van der Waals surface area contributed by atoms with Crippen molar-refractivity contribution in [2.75, 3.05) is 12.5 Å². The molecule has 2 unspecified atom stereocenters. The molecule has 168 valence electrons. The second-order valence-electron chi connectivity index (χ2n) is 9.26. The van der Waals surface area contributed by atoms with Crippen LogP contribution in [0.1, 0.15) is 69.8 Å². The summed E-state index contributed by atoms with van der Waals surface area (Å²) in [6.07, 6.45) is 10.1. The number of ether oxygens (including phenoxy) is 2. The fourth-order valence-corrected chi connectivity index (χ4v) is 7.23. The Morgan fingerprint density at radius 1 is 1.10 bits per heavy atom. The SMILES string of the molecule is O=C1CCSC2CCCCC2(C(=O)NC2CCCCC2)N1Cc1ccc2c(c1)OCO2. The molecule has 1 aromatic carbocycles. The lowest BCUT2D eigenvalue weighted by molar-refractivity contribution is -0.150. The predicted molar refractivity (Wildman–Crippen MR) is 120 cm³/mol. The Morgan fingerprint density at radius 3 is 2.77 bits per heavy atom. The number of amides is 2. The van der Waals surface area contributed by atoms with Crippen molar-refractivity contribution in [3.8, 4) is 11.5 Å². The molecular weight excluding hydrogens is 412 g/mol. The third-order valence-corrected chi connectivity index (χ3v) is 8.80. The maximum Gasteiger partial charge on any atom is 0.247 e. The summed E-state index contributed by atoms with van der Waals surface area (Å²) in [6.45, 7) is 0.665. The van der Waals surface area contributed by atoms with Gasteiger partial charge in [0, 0.05) is 30.0 Å². The van der Waals surface area contributed by atoms with Crippen LogP contribution < -0.4 is 14.8 Å². The number of rotatable bonds is 4. The lowest BCUT2D eigenvalue weighted by Gasteiger charge is -2.49. The number of hydrogen-bond acceptors (Lipinski definition) is 5. The minimum absolute atomic E-state index is 0.0765. The van der Waals surface area contributed by atoms with E-state index in [4.69, 9.17) is 9.47 Å². The van der Waals surface area contributed by atoms with Gasteiger partial charge in [-0.1, -0.05) is 38.2 Å². The first-order valence-electron chi connectivity index (χ1n) is 11.8. The van der Waals surface area contributed by atoms with E-state index >= 15 is 0 Å². The summed E-state index contributed by atoms with van der Waals surface area (Å²) in [7, 11) is 0. The lowest BCUT2D eigenvalue weighted by Crippen LogP contribution is -2.66. The number of carbonyl (C=O) groups excluding carboxylic acids is 2. The van der Waals surface area contributed by atoms with Gasteiger partial charge in [0.2, 0.25) is 18.6 Å². The molecule has 0 bridgehead atoms. The molecule has 6 nitrogen and oxygen atoms in total. The first-order valence-corrected chi connectivity index (χ1v) is 12.8. The monoisotopic (exact) mass is 444 g/mol. The van der Waals surface area contributed by atoms with Crippen molar-refractivity contribution in [3.05, 3.63) is 23.8 Å². The molecule has 2 amide bonds. The van der Waals surface area contributed by atoms with Gasteiger partial charge < -0.3 is 19.7 Å². The van der Waals surface area contributed by atoms with Gasteiger partial charge in [-0.3, -0.25) is 9.59 Å². The van der Waals surface area contributed by atoms with Crippen molar-refractivity contribution < 1.29 is 19.1 Å². The molecule has 2 aliphatic carbocycles. The molecule has 4 aliphatic rings. The topological polar surface area (TPSA) is 67.9 Å². The molecule has 5 rings (SSSR count). The molecular formula is C24H32N2O4S. The van der Waals surface area contributed by atoms with Crippen molar-refractivity contribution in [3.63, 3.8) is 0 Å². The zero-order valence-corrected chi connectivity index (χ0v) is 18.9. The molecule has 3 fully saturated rings. The second kappa shape index (κ2) is 8.93. The fourth-order valence-electron chi connectivity index (χ4n) is 5.69. The van der Waals surface area contributed by atoms with E-state index in [2.05, 4.69) is 5.32 Å². The third kappa shape index (κ3) is 4.01. The molecule has 0 aromatic heterocycles. The summed E-state index contributed by atoms with van der Waals surface area (Å²) >= 11 is 1.83. The Kier molecular flexibility index (Phi) is 6.04. The highest BCUT2D eigenvalue weighted by Crippen LogP contribution is 2.45. The fraction of sp³-hybridized carbons (Fsp3) is 0.667. The van der Waals surface area contributed by atoms with Gasteiger partial charge >= 0.3 is 0 Å². The molecule has 31 heavy (non-hydrogen) atoms. The number of nitrogens with one attached hydrogen (secondary N) is 1. The molecule has 2 atom stereocenters. The highest BCUT2D eigenvalue weighted by Gasteiger charge is 2.54. The van der Waals surface area contributed by atoms with Crippen LogP contribution >= 0.6 is 11.8 Å². The van der Waals surface area contributed by atoms with Gasteiger partial charge in [0.25, 0.3) is 0 Å². The van der Waals surface area contributed by atoms with Gasteiger partial charge in [-0.2, -0.15) is 11.8 Å². The average Bonchev–Trinajstić information content (AvgIpc) is 3.21. The Morgan fingerprint density at radius 2 is 1.90 bits per heavy atom. The van der Waals surface area contributed by atoms with Gasteiger partial charge in [-0.15, -0.1) is 0 Å². The number of benzene rings is 1. The predicted octanol–water partition coefficient (Wildman–Crippen LogP) is 4.01. The molecule has 1 aromatic rings. The Labute approximate surface area is 188 Å². The summed E-state index contributed by atoms with van der Waals surface area (Å²) in [5.74, 6) is 2.41. The molecule has 0 spiro atoms. The van der Waals surface area contributed by atoms with Crippen LogP contribution in [0, 0.1) is 0 Å². The summed E-state index contributed by atoms with van der Waals surface area (Å²) < 4.78 is 11.0. The van der Waals surface area contributed by atoms with Crippen molar-refractivity contribution in [2.24, 2.45) is 0 Å². The van der Waals surface area contributed by atoms with E-state index in [1.807, 2.05) is 34.9 Å². The molecule has 1 N–H and O–H groups in total. The van der Waals surface area contributed by atoms with Gasteiger partial charge in [0.1, 0.15) is 5.54 Å². The zero-order chi connectivity index (χ0) is 21.3. The number of fused-ring (bicyclic) bond motifs is 2. The van der Waals surface area contributed by atoms with Crippen LogP contribution in [0.15, 0.2) is 18.2 Å². The number of thioether (sulfide) groups is 1. The summed E-state index contributed by atoms with van der Waals surface area (Å²) in [4.78, 5) is 29.3. The molecule has 7 heteroatoms. The molecule has 2 heterocycles. The first-order chi connectivity index (χ1) is 15.2. The molecule has 0 radical (unpaired) electrons. The Balaban J connectivity index is 1.47. The van der Waals surface area contributed by atoms with Crippen molar-refractivity contribution >= 4 is 23.6 Å². The zero-order valence-electron chi connectivity index (χ0n) is 18.1. The van der Waals surface area contributed by atoms with Crippen LogP contribution in [0.4, 0.5) is 0 Å². The quantitative estimate of drug-likeness (QED) is 0.760. The normalized spacial score (nSPS) is 28.7. The van der Waals surface area contributed by atoms with E-state index < -0.39 is 5.54 Å². The smallest absolute Gasteiger partial charge is 0.247 e. The Hall–Kier alpha value is -1.89. The van der Waals surface area contributed by atoms with Crippen LogP contribution in [0.2, 0.25) is 0 Å². The van der Waals surface area contributed by atoms with Crippen LogP contribution in [-0.2, 0) is 16.1 Å². The Bertz CT molecular complexity index is 841. The minimum Gasteiger partial charge on any atom is -0.454 e. The van der Waals surface area contributed by atoms with E-state index in [0.29, 0.717) is 13.0 Å². The molecule has 2 saturated carbocycles. The number of hydrogen-bond donors (Lipinski definition) is 1. The lowest BCUT2D eigenvalue weighted by atomic mass is 9.77. The minimum atomic E-state index is -0.760. The van der Waals surface area contributed by atoms with E-state index in [1.165, 1.54) is 19.3 Å². The van der Waals surface area contributed by atoms with Gasteiger partial charge in [-0.05, 0) is 43.4 Å². The maximum absolute atomic E-state index is 13.9. The number of nitrogens with zero attached hydrogens (tertiary/aromatic N) is 1. The van der Waals surface area contributed by atoms with Crippen LogP contribution in [0.3, 0.4) is 0 Å². The largest absolute Gasteiger partial charge is 0.454 e. The van der Waals surface area contributed by atoms with Gasteiger partial charge in [-0.25, -0.2) is 0 Å². The molecule has 2 aliphatic heterocycles. The summed E-state index contributed by atoms with van der Waals surface area (Å²) in [6, 6.07) is 6.10. The molecule has 1 saturated heterocycles. The van der Waals surface area contributed by atoms with E-state index in [9.17, 15) is 9.59 Å². The van der Waals surface area contributed by atoms with E-state index in [-0.39, 0.29) is 29.9 Å². The van der Waals surface area contributed by atoms with Gasteiger partial charge in [0.15, 0.2) is 11.5 Å². The first kappa shape index (κ1) is 21.0. The second-order valence-corrected chi connectivity index (χ2v) is 10.6. The number of carbonyl (C=O) groups is 2. The van der Waals surface area contributed by atoms with Gasteiger partial charge in [0.05, 0.1) is 0 Å². The summed E-state index contributed by atoms with van der Waals surface area (Å²) in [5.41, 5.74) is 0.225. The van der Waals surface area contributed by atoms with Crippen LogP contribution in [0.25, 0.3) is 0 Å². The van der Waals surface area contributed by atoms with Crippen molar-refractivity contribution in [2.45, 2.75) is 87.6 Å². The van der Waals surface area contributed by atoms with Crippen molar-refractivity contribution in [1.29, 1.82) is 0 Å².